The fourth-order valence-electron chi connectivity index (χ4n) is 3.05. The number of para-hydroxylation sites is 3. The van der Waals surface area contributed by atoms with Crippen molar-refractivity contribution in [3.8, 4) is 0 Å². The van der Waals surface area contributed by atoms with Gasteiger partial charge in [0.25, 0.3) is 0 Å². The zero-order valence-electron chi connectivity index (χ0n) is 16.8. The second kappa shape index (κ2) is 11.7. The van der Waals surface area contributed by atoms with E-state index in [2.05, 4.69) is 51.4 Å². The molecule has 0 bridgehead atoms. The second-order valence-electron chi connectivity index (χ2n) is 6.59. The normalized spacial score (nSPS) is 9.68. The maximum absolute atomic E-state index is 4.18. The Morgan fingerprint density at radius 3 is 0.871 bits per heavy atom. The molecule has 0 fully saturated rings. The Morgan fingerprint density at radius 2 is 0.581 bits per heavy atom. The molecule has 3 nitrogen and oxygen atoms in total. The number of hydrogen-bond donors (Lipinski definition) is 0. The molecule has 0 unspecified atom stereocenters. The van der Waals surface area contributed by atoms with Crippen LogP contribution in [0.3, 0.4) is 0 Å². The maximum Gasteiger partial charge on any atom is 0.0701 e. The first kappa shape index (κ1) is 22.2. The van der Waals surface area contributed by atoms with Gasteiger partial charge in [0.1, 0.15) is 0 Å². The Labute approximate surface area is 195 Å². The number of nitrogens with zero attached hydrogens (tertiary/aromatic N) is 3. The molecular formula is C27H21IrN3. The number of pyridine rings is 3. The van der Waals surface area contributed by atoms with E-state index in [1.807, 2.05) is 91.4 Å². The summed E-state index contributed by atoms with van der Waals surface area (Å²) in [6.07, 6.45) is 5.42. The van der Waals surface area contributed by atoms with Crippen molar-refractivity contribution in [2.45, 2.75) is 0 Å². The Kier molecular flexibility index (Phi) is 8.36. The Hall–Kier alpha value is -3.46. The standard InChI is InChI=1S/3C9H7N.Ir/c3*1-2-6-9-8(4-1)5-3-7-10-9;/h3*1-7H;. The quantitative estimate of drug-likeness (QED) is 0.201. The van der Waals surface area contributed by atoms with E-state index in [1.54, 1.807) is 0 Å². The molecule has 0 N–H and O–H groups in total. The van der Waals surface area contributed by atoms with Crippen molar-refractivity contribution in [3.05, 3.63) is 128 Å². The van der Waals surface area contributed by atoms with Crippen LogP contribution in [0.1, 0.15) is 0 Å². The van der Waals surface area contributed by atoms with Gasteiger partial charge in [-0.25, -0.2) is 0 Å². The van der Waals surface area contributed by atoms with Crippen molar-refractivity contribution < 1.29 is 20.1 Å². The van der Waals surface area contributed by atoms with Gasteiger partial charge in [0.05, 0.1) is 16.6 Å². The van der Waals surface area contributed by atoms with E-state index in [0.29, 0.717) is 0 Å². The van der Waals surface area contributed by atoms with Crippen LogP contribution < -0.4 is 0 Å². The van der Waals surface area contributed by atoms with Gasteiger partial charge in [-0.1, -0.05) is 72.8 Å². The summed E-state index contributed by atoms with van der Waals surface area (Å²) in [5.41, 5.74) is 3.18. The van der Waals surface area contributed by atoms with Crippen molar-refractivity contribution in [2.24, 2.45) is 0 Å². The third-order valence-electron chi connectivity index (χ3n) is 4.54. The van der Waals surface area contributed by atoms with Crippen molar-refractivity contribution in [2.75, 3.05) is 0 Å². The minimum absolute atomic E-state index is 0. The molecule has 6 aromatic rings. The Balaban J connectivity index is 0.000000130. The molecule has 0 saturated heterocycles. The molecule has 0 aliphatic heterocycles. The van der Waals surface area contributed by atoms with Gasteiger partial charge in [-0.3, -0.25) is 15.0 Å². The van der Waals surface area contributed by atoms with E-state index in [-0.39, 0.29) is 20.1 Å². The number of rotatable bonds is 0. The molecule has 4 heteroatoms. The van der Waals surface area contributed by atoms with Gasteiger partial charge in [-0.15, -0.1) is 0 Å². The van der Waals surface area contributed by atoms with Crippen LogP contribution in [0.5, 0.6) is 0 Å². The van der Waals surface area contributed by atoms with Crippen LogP contribution in [-0.4, -0.2) is 15.0 Å². The zero-order valence-corrected chi connectivity index (χ0v) is 19.2. The Morgan fingerprint density at radius 1 is 0.323 bits per heavy atom. The van der Waals surface area contributed by atoms with Gasteiger partial charge in [0.15, 0.2) is 0 Å². The van der Waals surface area contributed by atoms with Crippen LogP contribution in [0.2, 0.25) is 0 Å². The van der Waals surface area contributed by atoms with Gasteiger partial charge in [0, 0.05) is 54.9 Å². The first-order valence-electron chi connectivity index (χ1n) is 9.79. The zero-order chi connectivity index (χ0) is 20.4. The molecular weight excluding hydrogens is 559 g/mol. The molecule has 3 aromatic heterocycles. The largest absolute Gasteiger partial charge is 0.256 e. The second-order valence-corrected chi connectivity index (χ2v) is 6.59. The van der Waals surface area contributed by atoms with Gasteiger partial charge < -0.3 is 0 Å². The monoisotopic (exact) mass is 580 g/mol. The minimum Gasteiger partial charge on any atom is -0.256 e. The van der Waals surface area contributed by atoms with Crippen LogP contribution in [0.4, 0.5) is 0 Å². The van der Waals surface area contributed by atoms with E-state index >= 15 is 0 Å². The summed E-state index contributed by atoms with van der Waals surface area (Å²) in [5, 5.41) is 3.60. The molecule has 0 aliphatic carbocycles. The summed E-state index contributed by atoms with van der Waals surface area (Å²) in [6, 6.07) is 36.3. The van der Waals surface area contributed by atoms with Crippen LogP contribution >= 0.6 is 0 Å². The predicted octanol–water partition coefficient (Wildman–Crippen LogP) is 6.70. The van der Waals surface area contributed by atoms with E-state index < -0.39 is 0 Å². The third kappa shape index (κ3) is 6.26. The molecule has 0 aliphatic rings. The average molecular weight is 580 g/mol. The van der Waals surface area contributed by atoms with Crippen LogP contribution in [-0.2, 0) is 20.1 Å². The minimum atomic E-state index is 0. The molecule has 31 heavy (non-hydrogen) atoms. The summed E-state index contributed by atoms with van der Waals surface area (Å²) in [5.74, 6) is 0. The number of benzene rings is 3. The molecule has 0 saturated carbocycles. The van der Waals surface area contributed by atoms with Crippen molar-refractivity contribution >= 4 is 32.7 Å². The first-order chi connectivity index (χ1) is 14.9. The summed E-state index contributed by atoms with van der Waals surface area (Å²) in [4.78, 5) is 12.5. The van der Waals surface area contributed by atoms with Crippen LogP contribution in [0, 0.1) is 0 Å². The SMILES string of the molecule is [Ir].c1ccc2ncccc2c1.c1ccc2ncccc2c1.c1ccc2ncccc2c1. The molecule has 0 spiro atoms. The topological polar surface area (TPSA) is 38.7 Å². The summed E-state index contributed by atoms with van der Waals surface area (Å²) < 4.78 is 0. The predicted molar refractivity (Wildman–Crippen MR) is 125 cm³/mol. The number of aromatic nitrogens is 3. The van der Waals surface area contributed by atoms with Crippen LogP contribution in [0.15, 0.2) is 128 Å². The molecule has 153 valence electrons. The van der Waals surface area contributed by atoms with Crippen molar-refractivity contribution in [3.63, 3.8) is 0 Å². The summed E-state index contributed by atoms with van der Waals surface area (Å²) in [7, 11) is 0. The fraction of sp³-hybridized carbons (Fsp3) is 0. The van der Waals surface area contributed by atoms with Gasteiger partial charge in [-0.05, 0) is 36.4 Å². The van der Waals surface area contributed by atoms with Gasteiger partial charge >= 0.3 is 0 Å². The first-order valence-corrected chi connectivity index (χ1v) is 9.79. The smallest absolute Gasteiger partial charge is 0.0701 e. The Bertz CT molecular complexity index is 1000. The summed E-state index contributed by atoms with van der Waals surface area (Å²) >= 11 is 0. The fourth-order valence-corrected chi connectivity index (χ4v) is 3.05. The van der Waals surface area contributed by atoms with Crippen molar-refractivity contribution in [1.29, 1.82) is 0 Å². The van der Waals surface area contributed by atoms with Crippen LogP contribution in [0.25, 0.3) is 32.7 Å². The average Bonchev–Trinajstić information content (AvgIpc) is 2.85. The van der Waals surface area contributed by atoms with Gasteiger partial charge in [-0.2, -0.15) is 0 Å². The van der Waals surface area contributed by atoms with E-state index in [9.17, 15) is 0 Å². The summed E-state index contributed by atoms with van der Waals surface area (Å²) in [6.45, 7) is 0. The molecule has 3 aromatic carbocycles. The molecule has 0 atom stereocenters. The van der Waals surface area contributed by atoms with Gasteiger partial charge in [0.2, 0.25) is 0 Å². The molecule has 1 radical (unpaired) electrons. The van der Waals surface area contributed by atoms with E-state index in [1.165, 1.54) is 16.2 Å². The molecule has 6 rings (SSSR count). The third-order valence-corrected chi connectivity index (χ3v) is 4.54. The van der Waals surface area contributed by atoms with E-state index in [0.717, 1.165) is 16.6 Å². The molecule has 3 heterocycles. The van der Waals surface area contributed by atoms with E-state index in [4.69, 9.17) is 0 Å². The number of fused-ring (bicyclic) bond motifs is 3. The van der Waals surface area contributed by atoms with Crippen molar-refractivity contribution in [1.82, 2.24) is 15.0 Å². The number of hydrogen-bond acceptors (Lipinski definition) is 3. The maximum atomic E-state index is 4.18. The molecule has 0 amide bonds.